The molecule has 114 valence electrons. The maximum atomic E-state index is 12.3. The number of piperidine rings is 1. The summed E-state index contributed by atoms with van der Waals surface area (Å²) in [6.07, 6.45) is 7.77. The largest absolute Gasteiger partial charge is 0.369 e. The van der Waals surface area contributed by atoms with Crippen LogP contribution in [0, 0.1) is 5.92 Å². The Bertz CT molecular complexity index is 330. The fraction of sp³-hybridized carbons (Fsp3) is 0.867. The van der Waals surface area contributed by atoms with E-state index in [4.69, 9.17) is 5.73 Å². The van der Waals surface area contributed by atoms with Crippen molar-refractivity contribution in [3.63, 3.8) is 0 Å². The predicted octanol–water partition coefficient (Wildman–Crippen LogP) is 0.976. The fourth-order valence-corrected chi connectivity index (χ4v) is 3.18. The molecule has 0 atom stereocenters. The topological polar surface area (TPSA) is 66.6 Å². The number of amides is 2. The number of carbonyl (C=O) groups is 2. The summed E-state index contributed by atoms with van der Waals surface area (Å²) in [6.45, 7) is 3.99. The molecule has 2 heterocycles. The number of hydrogen-bond donors (Lipinski definition) is 1. The third-order valence-electron chi connectivity index (χ3n) is 4.56. The third kappa shape index (κ3) is 4.47. The van der Waals surface area contributed by atoms with Gasteiger partial charge in [-0.1, -0.05) is 19.3 Å². The van der Waals surface area contributed by atoms with Crippen LogP contribution in [-0.4, -0.2) is 54.3 Å². The van der Waals surface area contributed by atoms with E-state index in [0.717, 1.165) is 25.9 Å². The first kappa shape index (κ1) is 15.3. The lowest BCUT2D eigenvalue weighted by atomic mass is 9.96. The van der Waals surface area contributed by atoms with E-state index in [-0.39, 0.29) is 17.7 Å². The molecule has 5 heteroatoms. The molecule has 2 amide bonds. The molecule has 2 aliphatic heterocycles. The number of nitrogens with two attached hydrogens (primary N) is 1. The zero-order valence-corrected chi connectivity index (χ0v) is 12.4. The van der Waals surface area contributed by atoms with Crippen LogP contribution in [0.5, 0.6) is 0 Å². The molecule has 5 nitrogen and oxygen atoms in total. The summed E-state index contributed by atoms with van der Waals surface area (Å²) in [5, 5.41) is 0. The minimum absolute atomic E-state index is 0.0410. The van der Waals surface area contributed by atoms with E-state index in [1.165, 1.54) is 32.1 Å². The van der Waals surface area contributed by atoms with Gasteiger partial charge in [-0.25, -0.2) is 0 Å². The van der Waals surface area contributed by atoms with Crippen molar-refractivity contribution >= 4 is 11.8 Å². The van der Waals surface area contributed by atoms with Gasteiger partial charge in [-0.3, -0.25) is 14.5 Å². The number of rotatable bonds is 3. The molecule has 2 aliphatic rings. The van der Waals surface area contributed by atoms with Gasteiger partial charge in [0.25, 0.3) is 0 Å². The molecule has 2 N–H and O–H groups in total. The highest BCUT2D eigenvalue weighted by Crippen LogP contribution is 2.17. The summed E-state index contributed by atoms with van der Waals surface area (Å²) in [4.78, 5) is 27.6. The Morgan fingerprint density at radius 1 is 0.900 bits per heavy atom. The molecule has 0 aromatic carbocycles. The Balaban J connectivity index is 1.75. The van der Waals surface area contributed by atoms with Crippen molar-refractivity contribution in [2.75, 3.05) is 32.7 Å². The molecule has 20 heavy (non-hydrogen) atoms. The van der Waals surface area contributed by atoms with Crippen LogP contribution in [0.1, 0.15) is 44.9 Å². The third-order valence-corrected chi connectivity index (χ3v) is 4.56. The quantitative estimate of drug-likeness (QED) is 0.838. The summed E-state index contributed by atoms with van der Waals surface area (Å²) < 4.78 is 0. The van der Waals surface area contributed by atoms with Gasteiger partial charge in [0.2, 0.25) is 11.8 Å². The highest BCUT2D eigenvalue weighted by Gasteiger charge is 2.26. The van der Waals surface area contributed by atoms with E-state index in [9.17, 15) is 9.59 Å². The van der Waals surface area contributed by atoms with E-state index < -0.39 is 0 Å². The number of primary amides is 1. The number of likely N-dealkylation sites (tertiary alicyclic amines) is 2. The Kier molecular flexibility index (Phi) is 5.83. The SMILES string of the molecule is NC(=O)C1CCN(C(=O)CN2CCCCCCC2)CC1. The molecule has 2 fully saturated rings. The van der Waals surface area contributed by atoms with Crippen LogP contribution >= 0.6 is 0 Å². The van der Waals surface area contributed by atoms with Gasteiger partial charge >= 0.3 is 0 Å². The lowest BCUT2D eigenvalue weighted by Crippen LogP contribution is -2.46. The molecule has 0 aromatic heterocycles. The van der Waals surface area contributed by atoms with Crippen molar-refractivity contribution in [2.45, 2.75) is 44.9 Å². The zero-order chi connectivity index (χ0) is 14.4. The molecule has 0 unspecified atom stereocenters. The van der Waals surface area contributed by atoms with Gasteiger partial charge in [-0.05, 0) is 38.8 Å². The average molecular weight is 281 g/mol. The van der Waals surface area contributed by atoms with Crippen molar-refractivity contribution < 1.29 is 9.59 Å². The molecule has 2 rings (SSSR count). The van der Waals surface area contributed by atoms with E-state index in [2.05, 4.69) is 4.90 Å². The molecular weight excluding hydrogens is 254 g/mol. The van der Waals surface area contributed by atoms with Crippen LogP contribution in [0.25, 0.3) is 0 Å². The van der Waals surface area contributed by atoms with Gasteiger partial charge in [0.15, 0.2) is 0 Å². The first-order chi connectivity index (χ1) is 9.66. The van der Waals surface area contributed by atoms with Gasteiger partial charge in [-0.15, -0.1) is 0 Å². The zero-order valence-electron chi connectivity index (χ0n) is 12.4. The molecule has 0 aromatic rings. The smallest absolute Gasteiger partial charge is 0.236 e. The van der Waals surface area contributed by atoms with E-state index in [1.54, 1.807) is 0 Å². The van der Waals surface area contributed by atoms with Crippen molar-refractivity contribution in [3.8, 4) is 0 Å². The van der Waals surface area contributed by atoms with Gasteiger partial charge in [-0.2, -0.15) is 0 Å². The highest BCUT2D eigenvalue weighted by molar-refractivity contribution is 5.80. The maximum Gasteiger partial charge on any atom is 0.236 e. The van der Waals surface area contributed by atoms with Gasteiger partial charge in [0.05, 0.1) is 6.54 Å². The number of hydrogen-bond acceptors (Lipinski definition) is 3. The van der Waals surface area contributed by atoms with Crippen molar-refractivity contribution in [1.29, 1.82) is 0 Å². The standard InChI is InChI=1S/C15H27N3O2/c16-15(20)13-6-10-18(11-7-13)14(19)12-17-8-4-2-1-3-5-9-17/h13H,1-12H2,(H2,16,20). The molecule has 0 spiro atoms. The first-order valence-corrected chi connectivity index (χ1v) is 7.96. The minimum atomic E-state index is -0.221. The molecule has 2 saturated heterocycles. The van der Waals surface area contributed by atoms with E-state index >= 15 is 0 Å². The fourth-order valence-electron chi connectivity index (χ4n) is 3.18. The Morgan fingerprint density at radius 2 is 1.45 bits per heavy atom. The summed E-state index contributed by atoms with van der Waals surface area (Å²) in [5.41, 5.74) is 5.32. The Hall–Kier alpha value is -1.10. The molecule has 0 saturated carbocycles. The minimum Gasteiger partial charge on any atom is -0.369 e. The molecular formula is C15H27N3O2. The molecule has 0 bridgehead atoms. The maximum absolute atomic E-state index is 12.3. The predicted molar refractivity (Wildman–Crippen MR) is 78.0 cm³/mol. The van der Waals surface area contributed by atoms with Crippen LogP contribution in [-0.2, 0) is 9.59 Å². The number of nitrogens with zero attached hydrogens (tertiary/aromatic N) is 2. The summed E-state index contributed by atoms with van der Waals surface area (Å²) in [7, 11) is 0. The normalized spacial score (nSPS) is 23.1. The van der Waals surface area contributed by atoms with Crippen molar-refractivity contribution in [3.05, 3.63) is 0 Å². The Morgan fingerprint density at radius 3 is 2.00 bits per heavy atom. The van der Waals surface area contributed by atoms with Crippen LogP contribution in [0.15, 0.2) is 0 Å². The number of carbonyl (C=O) groups excluding carboxylic acids is 2. The molecule has 0 radical (unpaired) electrons. The lowest BCUT2D eigenvalue weighted by molar-refractivity contribution is -0.136. The lowest BCUT2D eigenvalue weighted by Gasteiger charge is -2.33. The van der Waals surface area contributed by atoms with Crippen LogP contribution in [0.3, 0.4) is 0 Å². The second-order valence-corrected chi connectivity index (χ2v) is 6.10. The second-order valence-electron chi connectivity index (χ2n) is 6.10. The summed E-state index contributed by atoms with van der Waals surface area (Å²) >= 11 is 0. The van der Waals surface area contributed by atoms with Crippen LogP contribution < -0.4 is 5.73 Å². The Labute approximate surface area is 121 Å². The highest BCUT2D eigenvalue weighted by atomic mass is 16.2. The average Bonchev–Trinajstić information content (AvgIpc) is 2.41. The summed E-state index contributed by atoms with van der Waals surface area (Å²) in [6, 6.07) is 0. The van der Waals surface area contributed by atoms with Crippen LogP contribution in [0.2, 0.25) is 0 Å². The van der Waals surface area contributed by atoms with Gasteiger partial charge < -0.3 is 10.6 Å². The first-order valence-electron chi connectivity index (χ1n) is 7.96. The van der Waals surface area contributed by atoms with Crippen molar-refractivity contribution in [2.24, 2.45) is 11.7 Å². The monoisotopic (exact) mass is 281 g/mol. The van der Waals surface area contributed by atoms with Gasteiger partial charge in [0.1, 0.15) is 0 Å². The van der Waals surface area contributed by atoms with Gasteiger partial charge in [0, 0.05) is 19.0 Å². The van der Waals surface area contributed by atoms with E-state index in [0.29, 0.717) is 19.6 Å². The molecule has 0 aliphatic carbocycles. The second kappa shape index (κ2) is 7.62. The van der Waals surface area contributed by atoms with Crippen molar-refractivity contribution in [1.82, 2.24) is 9.80 Å². The van der Waals surface area contributed by atoms with Crippen LogP contribution in [0.4, 0.5) is 0 Å². The van der Waals surface area contributed by atoms with E-state index in [1.807, 2.05) is 4.90 Å². The summed E-state index contributed by atoms with van der Waals surface area (Å²) in [5.74, 6) is -0.0462.